The molecule has 0 bridgehead atoms. The van der Waals surface area contributed by atoms with Crippen molar-refractivity contribution in [3.05, 3.63) is 34.3 Å². The van der Waals surface area contributed by atoms with Crippen molar-refractivity contribution < 1.29 is 18.3 Å². The second kappa shape index (κ2) is 7.03. The lowest BCUT2D eigenvalue weighted by molar-refractivity contribution is -0.174. The van der Waals surface area contributed by atoms with Crippen molar-refractivity contribution in [2.75, 3.05) is 6.61 Å². The summed E-state index contributed by atoms with van der Waals surface area (Å²) in [5.41, 5.74) is 6.02. The van der Waals surface area contributed by atoms with Crippen LogP contribution in [0.4, 0.5) is 8.78 Å². The minimum atomic E-state index is -3.81. The van der Waals surface area contributed by atoms with Gasteiger partial charge in [0.05, 0.1) is 6.61 Å². The smallest absolute Gasteiger partial charge is 0.379 e. The third-order valence-electron chi connectivity index (χ3n) is 2.52. The number of aryl methyl sites for hydroxylation is 1. The first-order valence-corrected chi connectivity index (χ1v) is 5.75. The van der Waals surface area contributed by atoms with Crippen molar-refractivity contribution in [3.8, 4) is 0 Å². The predicted molar refractivity (Wildman–Crippen MR) is 71.9 cm³/mol. The van der Waals surface area contributed by atoms with Crippen LogP contribution < -0.4 is 5.73 Å². The molecule has 108 valence electrons. The summed E-state index contributed by atoms with van der Waals surface area (Å²) in [5, 5.41) is 0.103. The Morgan fingerprint density at radius 2 is 2.11 bits per heavy atom. The van der Waals surface area contributed by atoms with Gasteiger partial charge in [-0.2, -0.15) is 8.78 Å². The first kappa shape index (κ1) is 18.1. The number of hydrogen-bond acceptors (Lipinski definition) is 3. The molecule has 0 aliphatic rings. The molecule has 0 saturated carbocycles. The van der Waals surface area contributed by atoms with Crippen LogP contribution in [0, 0.1) is 6.92 Å². The minimum Gasteiger partial charge on any atom is -0.462 e. The number of hydrogen-bond donors (Lipinski definition) is 1. The van der Waals surface area contributed by atoms with E-state index in [1.165, 1.54) is 13.0 Å². The number of alkyl halides is 2. The van der Waals surface area contributed by atoms with Crippen LogP contribution in [-0.2, 0) is 9.53 Å². The van der Waals surface area contributed by atoms with E-state index in [0.29, 0.717) is 5.56 Å². The molecule has 0 saturated heterocycles. The molecule has 2 N–H and O–H groups in total. The highest BCUT2D eigenvalue weighted by Crippen LogP contribution is 2.35. The molecule has 0 heterocycles. The SMILES string of the molecule is CCOC(=O)C(F)(F)[C@H](N)c1c(C)cccc1Cl.Cl. The number of carbonyl (C=O) groups is 1. The Hall–Kier alpha value is -0.910. The average molecular weight is 314 g/mol. The highest BCUT2D eigenvalue weighted by molar-refractivity contribution is 6.31. The zero-order valence-electron chi connectivity index (χ0n) is 10.5. The third-order valence-corrected chi connectivity index (χ3v) is 2.85. The van der Waals surface area contributed by atoms with Gasteiger partial charge in [-0.15, -0.1) is 12.4 Å². The van der Waals surface area contributed by atoms with Gasteiger partial charge >= 0.3 is 11.9 Å². The maximum Gasteiger partial charge on any atom is 0.379 e. The van der Waals surface area contributed by atoms with Crippen molar-refractivity contribution in [2.45, 2.75) is 25.8 Å². The first-order chi connectivity index (χ1) is 8.32. The van der Waals surface area contributed by atoms with Crippen molar-refractivity contribution in [1.82, 2.24) is 0 Å². The van der Waals surface area contributed by atoms with Gasteiger partial charge in [-0.1, -0.05) is 23.7 Å². The van der Waals surface area contributed by atoms with Crippen LogP contribution >= 0.6 is 24.0 Å². The van der Waals surface area contributed by atoms with E-state index >= 15 is 0 Å². The Kier molecular flexibility index (Phi) is 6.69. The molecule has 1 atom stereocenters. The van der Waals surface area contributed by atoms with Gasteiger partial charge in [0.25, 0.3) is 0 Å². The number of halogens is 4. The molecular formula is C12H15Cl2F2NO2. The number of benzene rings is 1. The highest BCUT2D eigenvalue weighted by atomic mass is 35.5. The lowest BCUT2D eigenvalue weighted by Crippen LogP contribution is -2.42. The lowest BCUT2D eigenvalue weighted by atomic mass is 9.97. The van der Waals surface area contributed by atoms with Gasteiger partial charge in [0.2, 0.25) is 0 Å². The van der Waals surface area contributed by atoms with Crippen molar-refractivity contribution in [3.63, 3.8) is 0 Å². The van der Waals surface area contributed by atoms with Crippen molar-refractivity contribution >= 4 is 30.0 Å². The standard InChI is InChI=1S/C12H14ClF2NO2.ClH/c1-3-18-11(17)12(14,15)10(16)9-7(2)5-4-6-8(9)13;/h4-6,10H,3,16H2,1-2H3;1H/t10-;/m1./s1. The molecule has 1 rings (SSSR count). The second-order valence-corrected chi connectivity index (χ2v) is 4.20. The van der Waals surface area contributed by atoms with E-state index in [0.717, 1.165) is 0 Å². The zero-order valence-corrected chi connectivity index (χ0v) is 12.0. The summed E-state index contributed by atoms with van der Waals surface area (Å²) in [5.74, 6) is -5.46. The second-order valence-electron chi connectivity index (χ2n) is 3.79. The zero-order chi connectivity index (χ0) is 13.9. The first-order valence-electron chi connectivity index (χ1n) is 5.38. The molecule has 0 amide bonds. The Bertz CT molecular complexity index is 435. The van der Waals surface area contributed by atoms with E-state index in [1.807, 2.05) is 0 Å². The Labute approximate surface area is 121 Å². The van der Waals surface area contributed by atoms with Gasteiger partial charge in [-0.25, -0.2) is 4.79 Å². The molecule has 0 unspecified atom stereocenters. The van der Waals surface area contributed by atoms with E-state index in [4.69, 9.17) is 17.3 Å². The average Bonchev–Trinajstić information content (AvgIpc) is 2.28. The molecule has 0 radical (unpaired) electrons. The molecule has 0 spiro atoms. The van der Waals surface area contributed by atoms with Crippen LogP contribution in [0.1, 0.15) is 24.1 Å². The summed E-state index contributed by atoms with van der Waals surface area (Å²) >= 11 is 5.85. The minimum absolute atomic E-state index is 0. The summed E-state index contributed by atoms with van der Waals surface area (Å²) in [7, 11) is 0. The van der Waals surface area contributed by atoms with Crippen LogP contribution in [0.3, 0.4) is 0 Å². The molecule has 0 aliphatic carbocycles. The molecule has 19 heavy (non-hydrogen) atoms. The summed E-state index contributed by atoms with van der Waals surface area (Å²) in [6, 6.07) is 2.84. The largest absolute Gasteiger partial charge is 0.462 e. The highest BCUT2D eigenvalue weighted by Gasteiger charge is 2.48. The topological polar surface area (TPSA) is 52.3 Å². The fourth-order valence-corrected chi connectivity index (χ4v) is 1.91. The molecule has 0 aromatic heterocycles. The molecule has 3 nitrogen and oxygen atoms in total. The Morgan fingerprint density at radius 3 is 2.58 bits per heavy atom. The van der Waals surface area contributed by atoms with E-state index in [-0.39, 0.29) is 29.6 Å². The number of rotatable bonds is 4. The maximum absolute atomic E-state index is 13.8. The summed E-state index contributed by atoms with van der Waals surface area (Å²) in [4.78, 5) is 11.2. The van der Waals surface area contributed by atoms with E-state index < -0.39 is 17.9 Å². The third kappa shape index (κ3) is 3.78. The van der Waals surface area contributed by atoms with Crippen LogP contribution in [-0.4, -0.2) is 18.5 Å². The summed E-state index contributed by atoms with van der Waals surface area (Å²) < 4.78 is 31.9. The van der Waals surface area contributed by atoms with Crippen LogP contribution in [0.5, 0.6) is 0 Å². The van der Waals surface area contributed by atoms with Gasteiger partial charge in [0, 0.05) is 5.02 Å². The van der Waals surface area contributed by atoms with Crippen molar-refractivity contribution in [2.24, 2.45) is 5.73 Å². The Morgan fingerprint density at radius 1 is 1.53 bits per heavy atom. The van der Waals surface area contributed by atoms with E-state index in [9.17, 15) is 13.6 Å². The van der Waals surface area contributed by atoms with Crippen molar-refractivity contribution in [1.29, 1.82) is 0 Å². The van der Waals surface area contributed by atoms with Gasteiger partial charge in [-0.05, 0) is 31.0 Å². The molecule has 1 aromatic rings. The number of esters is 1. The number of carbonyl (C=O) groups excluding carboxylic acids is 1. The quantitative estimate of drug-likeness (QED) is 0.868. The van der Waals surface area contributed by atoms with E-state index in [2.05, 4.69) is 4.74 Å². The fourth-order valence-electron chi connectivity index (χ4n) is 1.57. The molecule has 0 fully saturated rings. The summed E-state index contributed by atoms with van der Waals surface area (Å²) in [6.07, 6.45) is 0. The molecular weight excluding hydrogens is 299 g/mol. The normalized spacial score (nSPS) is 12.5. The lowest BCUT2D eigenvalue weighted by Gasteiger charge is -2.24. The fraction of sp³-hybridized carbons (Fsp3) is 0.417. The summed E-state index contributed by atoms with van der Waals surface area (Å²) in [6.45, 7) is 2.91. The molecule has 1 aromatic carbocycles. The number of ether oxygens (including phenoxy) is 1. The monoisotopic (exact) mass is 313 g/mol. The van der Waals surface area contributed by atoms with Gasteiger partial charge in [-0.3, -0.25) is 0 Å². The molecule has 7 heteroatoms. The van der Waals surface area contributed by atoms with Crippen LogP contribution in [0.2, 0.25) is 5.02 Å². The van der Waals surface area contributed by atoms with Gasteiger partial charge in [0.1, 0.15) is 6.04 Å². The predicted octanol–water partition coefficient (Wildman–Crippen LogP) is 3.27. The van der Waals surface area contributed by atoms with Gasteiger partial charge < -0.3 is 10.5 Å². The van der Waals surface area contributed by atoms with Crippen LogP contribution in [0.25, 0.3) is 0 Å². The Balaban J connectivity index is 0.00000324. The maximum atomic E-state index is 13.8. The van der Waals surface area contributed by atoms with Gasteiger partial charge in [0.15, 0.2) is 0 Å². The van der Waals surface area contributed by atoms with Crippen LogP contribution in [0.15, 0.2) is 18.2 Å². The number of nitrogens with two attached hydrogens (primary N) is 1. The van der Waals surface area contributed by atoms with E-state index in [1.54, 1.807) is 19.1 Å². The molecule has 0 aliphatic heterocycles.